The number of anilines is 1. The summed E-state index contributed by atoms with van der Waals surface area (Å²) in [5.41, 5.74) is 2.23. The second-order valence-electron chi connectivity index (χ2n) is 11.6. The maximum absolute atomic E-state index is 14.4. The summed E-state index contributed by atoms with van der Waals surface area (Å²) < 4.78 is 5.50. The molecular weight excluding hydrogens is 570 g/mol. The van der Waals surface area contributed by atoms with Crippen molar-refractivity contribution in [1.82, 2.24) is 10.2 Å². The van der Waals surface area contributed by atoms with Gasteiger partial charge < -0.3 is 20.3 Å². The van der Waals surface area contributed by atoms with Crippen LogP contribution in [-0.4, -0.2) is 53.0 Å². The Morgan fingerprint density at radius 2 is 1.64 bits per heavy atom. The highest BCUT2D eigenvalue weighted by Gasteiger charge is 2.37. The molecule has 2 aromatic rings. The van der Waals surface area contributed by atoms with Crippen molar-refractivity contribution in [3.63, 3.8) is 0 Å². The minimum atomic E-state index is -0.933. The first-order valence-corrected chi connectivity index (χ1v) is 16.6. The highest BCUT2D eigenvalue weighted by molar-refractivity contribution is 7.98. The van der Waals surface area contributed by atoms with Crippen LogP contribution >= 0.6 is 23.4 Å². The third-order valence-electron chi connectivity index (χ3n) is 6.90. The predicted octanol–water partition coefficient (Wildman–Crippen LogP) is 8.08. The summed E-state index contributed by atoms with van der Waals surface area (Å²) in [6, 6.07) is 11.3. The predicted molar refractivity (Wildman–Crippen MR) is 175 cm³/mol. The van der Waals surface area contributed by atoms with E-state index < -0.39 is 23.8 Å². The second kappa shape index (κ2) is 17.4. The fraction of sp³-hybridized carbons (Fsp3) is 0.545. The van der Waals surface area contributed by atoms with Crippen molar-refractivity contribution in [3.8, 4) is 0 Å². The normalized spacial score (nSPS) is 12.8. The number of nitrogens with one attached hydrogen (secondary N) is 2. The van der Waals surface area contributed by atoms with Crippen LogP contribution in [0.3, 0.4) is 0 Å². The number of para-hydroxylation sites is 1. The monoisotopic (exact) mass is 617 g/mol. The first-order valence-electron chi connectivity index (χ1n) is 14.8. The summed E-state index contributed by atoms with van der Waals surface area (Å²) in [6.07, 6.45) is 6.61. The molecule has 232 valence electrons. The van der Waals surface area contributed by atoms with E-state index in [2.05, 4.69) is 17.6 Å². The van der Waals surface area contributed by atoms with Gasteiger partial charge in [-0.3, -0.25) is 9.59 Å². The van der Waals surface area contributed by atoms with Gasteiger partial charge in [0.25, 0.3) is 5.91 Å². The molecule has 0 aliphatic carbocycles. The van der Waals surface area contributed by atoms with Crippen LogP contribution in [0.4, 0.5) is 10.5 Å². The van der Waals surface area contributed by atoms with Crippen LogP contribution in [0.2, 0.25) is 5.02 Å². The zero-order valence-electron chi connectivity index (χ0n) is 26.2. The largest absolute Gasteiger partial charge is 0.444 e. The van der Waals surface area contributed by atoms with E-state index in [1.807, 2.05) is 56.5 Å². The number of rotatable bonds is 15. The summed E-state index contributed by atoms with van der Waals surface area (Å²) in [5.74, 6) is -0.0238. The number of amides is 3. The average Bonchev–Trinajstić information content (AvgIpc) is 2.91. The number of thioether (sulfide) groups is 1. The molecule has 42 heavy (non-hydrogen) atoms. The van der Waals surface area contributed by atoms with Crippen molar-refractivity contribution in [2.75, 3.05) is 23.9 Å². The Morgan fingerprint density at radius 1 is 0.976 bits per heavy atom. The molecule has 2 atom stereocenters. The average molecular weight is 618 g/mol. The van der Waals surface area contributed by atoms with E-state index in [1.165, 1.54) is 0 Å². The molecule has 0 saturated carbocycles. The van der Waals surface area contributed by atoms with E-state index in [0.717, 1.165) is 48.8 Å². The lowest BCUT2D eigenvalue weighted by Gasteiger charge is -2.35. The number of hydrogen-bond donors (Lipinski definition) is 2. The number of carbonyl (C=O) groups is 3. The van der Waals surface area contributed by atoms with E-state index in [1.54, 1.807) is 43.5 Å². The van der Waals surface area contributed by atoms with Gasteiger partial charge >= 0.3 is 6.09 Å². The van der Waals surface area contributed by atoms with Gasteiger partial charge in [0.05, 0.1) is 10.7 Å². The Bertz CT molecular complexity index is 1160. The molecule has 0 aromatic heterocycles. The zero-order chi connectivity index (χ0) is 31.3. The van der Waals surface area contributed by atoms with E-state index in [0.29, 0.717) is 29.4 Å². The van der Waals surface area contributed by atoms with Crippen LogP contribution in [0.25, 0.3) is 0 Å². The Kier molecular flexibility index (Phi) is 14.7. The molecule has 2 unspecified atom stereocenters. The van der Waals surface area contributed by atoms with Gasteiger partial charge in [0.1, 0.15) is 17.7 Å². The number of ether oxygens (including phenoxy) is 1. The number of halogens is 1. The molecule has 9 heteroatoms. The quantitative estimate of drug-likeness (QED) is 0.197. The van der Waals surface area contributed by atoms with Crippen molar-refractivity contribution in [2.24, 2.45) is 0 Å². The van der Waals surface area contributed by atoms with Crippen LogP contribution in [-0.2, 0) is 14.3 Å². The summed E-state index contributed by atoms with van der Waals surface area (Å²) in [6.45, 7) is 11.7. The molecule has 0 bridgehead atoms. The molecule has 0 aliphatic rings. The molecule has 0 heterocycles. The third kappa shape index (κ3) is 11.2. The third-order valence-corrected chi connectivity index (χ3v) is 7.86. The first kappa shape index (κ1) is 35.5. The van der Waals surface area contributed by atoms with Crippen LogP contribution in [0, 0.1) is 13.8 Å². The van der Waals surface area contributed by atoms with Crippen LogP contribution in [0.15, 0.2) is 42.5 Å². The number of carbonyl (C=O) groups excluding carboxylic acids is 3. The van der Waals surface area contributed by atoms with Gasteiger partial charge in [0.2, 0.25) is 5.91 Å². The Labute approximate surface area is 261 Å². The summed E-state index contributed by atoms with van der Waals surface area (Å²) >= 11 is 8.08. The molecule has 0 radical (unpaired) electrons. The number of nitrogens with zero attached hydrogens (tertiary/aromatic N) is 1. The van der Waals surface area contributed by atoms with Gasteiger partial charge in [0, 0.05) is 6.54 Å². The Balaban J connectivity index is 2.57. The molecule has 2 N–H and O–H groups in total. The van der Waals surface area contributed by atoms with Crippen LogP contribution in [0.5, 0.6) is 0 Å². The zero-order valence-corrected chi connectivity index (χ0v) is 27.8. The smallest absolute Gasteiger partial charge is 0.408 e. The van der Waals surface area contributed by atoms with Gasteiger partial charge in [-0.25, -0.2) is 4.79 Å². The van der Waals surface area contributed by atoms with Gasteiger partial charge in [-0.1, -0.05) is 80.6 Å². The Morgan fingerprint density at radius 3 is 2.26 bits per heavy atom. The van der Waals surface area contributed by atoms with E-state index in [9.17, 15) is 14.4 Å². The highest BCUT2D eigenvalue weighted by Crippen LogP contribution is 2.31. The van der Waals surface area contributed by atoms with Crippen molar-refractivity contribution in [2.45, 2.75) is 97.8 Å². The number of alkyl carbamates (subject to hydrolysis) is 1. The van der Waals surface area contributed by atoms with Gasteiger partial charge in [0.15, 0.2) is 0 Å². The number of aryl methyl sites for hydroxylation is 2. The molecule has 3 amide bonds. The number of hydrogen-bond acceptors (Lipinski definition) is 5. The fourth-order valence-electron chi connectivity index (χ4n) is 4.72. The SMILES string of the molecule is CCCCCCCN(C(=O)C(CCSC)NC(=O)OC(C)(C)C)C(C(=O)Nc1c(C)cccc1Cl)c1ccccc1C. The summed E-state index contributed by atoms with van der Waals surface area (Å²) in [5, 5.41) is 6.26. The van der Waals surface area contributed by atoms with E-state index in [-0.39, 0.29) is 11.8 Å². The first-order chi connectivity index (χ1) is 19.9. The molecule has 0 fully saturated rings. The van der Waals surface area contributed by atoms with Crippen LogP contribution in [0.1, 0.15) is 89.0 Å². The number of unbranched alkanes of at least 4 members (excludes halogenated alkanes) is 4. The van der Waals surface area contributed by atoms with Crippen molar-refractivity contribution < 1.29 is 19.1 Å². The lowest BCUT2D eigenvalue weighted by Crippen LogP contribution is -2.53. The summed E-state index contributed by atoms with van der Waals surface area (Å²) in [7, 11) is 0. The maximum atomic E-state index is 14.4. The van der Waals surface area contributed by atoms with Gasteiger partial charge in [-0.2, -0.15) is 11.8 Å². The highest BCUT2D eigenvalue weighted by atomic mass is 35.5. The molecule has 2 aromatic carbocycles. The van der Waals surface area contributed by atoms with Gasteiger partial charge in [-0.15, -0.1) is 0 Å². The molecule has 7 nitrogen and oxygen atoms in total. The maximum Gasteiger partial charge on any atom is 0.408 e. The topological polar surface area (TPSA) is 87.7 Å². The number of benzene rings is 2. The molecule has 0 saturated heterocycles. The van der Waals surface area contributed by atoms with E-state index >= 15 is 0 Å². The minimum absolute atomic E-state index is 0.315. The minimum Gasteiger partial charge on any atom is -0.444 e. The summed E-state index contributed by atoms with van der Waals surface area (Å²) in [4.78, 5) is 43.1. The lowest BCUT2D eigenvalue weighted by molar-refractivity contribution is -0.141. The molecule has 2 rings (SSSR count). The second-order valence-corrected chi connectivity index (χ2v) is 13.0. The lowest BCUT2D eigenvalue weighted by atomic mass is 9.97. The molecular formula is C33H48ClN3O4S. The molecule has 0 spiro atoms. The van der Waals surface area contributed by atoms with E-state index in [4.69, 9.17) is 16.3 Å². The van der Waals surface area contributed by atoms with Crippen molar-refractivity contribution in [3.05, 3.63) is 64.2 Å². The van der Waals surface area contributed by atoms with Crippen LogP contribution < -0.4 is 10.6 Å². The fourth-order valence-corrected chi connectivity index (χ4v) is 5.46. The van der Waals surface area contributed by atoms with Crippen molar-refractivity contribution in [1.29, 1.82) is 0 Å². The van der Waals surface area contributed by atoms with Crippen molar-refractivity contribution >= 4 is 47.0 Å². The standard InChI is InChI=1S/C33H48ClN3O4S/c1-8-9-10-11-14-21-37(31(39)27(20-22-42-7)35-32(40)41-33(4,5)6)29(25-18-13-12-16-23(25)2)30(38)36-28-24(3)17-15-19-26(28)34/h12-13,15-19,27,29H,8-11,14,20-22H2,1-7H3,(H,35,40)(H,36,38). The Hall–Kier alpha value is -2.71. The van der Waals surface area contributed by atoms with Gasteiger partial charge in [-0.05, 0) is 82.2 Å². The molecule has 0 aliphatic heterocycles.